The number of nitrogens with one attached hydrogen (secondary N) is 1. The summed E-state index contributed by atoms with van der Waals surface area (Å²) in [5.74, 6) is 1.72. The Morgan fingerprint density at radius 2 is 2.09 bits per heavy atom. The molecule has 1 atom stereocenters. The molecule has 2 aliphatic rings. The highest BCUT2D eigenvalue weighted by Gasteiger charge is 2.20. The molecule has 1 unspecified atom stereocenters. The standard InChI is InChI=1S/C16H23BrN2O2.ClH/c1-18-13-4-2-5-19(11-13)10-12-8-14(17)16-15(9-12)20-6-3-7-21-16;/h8-9,13,18H,2-7,10-11H2,1H3;1H. The second-order valence-corrected chi connectivity index (χ2v) is 6.67. The lowest BCUT2D eigenvalue weighted by Crippen LogP contribution is -2.43. The summed E-state index contributed by atoms with van der Waals surface area (Å²) in [6.07, 6.45) is 3.47. The predicted molar refractivity (Wildman–Crippen MR) is 94.4 cm³/mol. The quantitative estimate of drug-likeness (QED) is 0.858. The number of rotatable bonds is 3. The molecule has 0 radical (unpaired) electrons. The minimum absolute atomic E-state index is 0. The second kappa shape index (κ2) is 8.39. The van der Waals surface area contributed by atoms with Gasteiger partial charge in [-0.2, -0.15) is 0 Å². The topological polar surface area (TPSA) is 33.7 Å². The molecular weight excluding hydrogens is 368 g/mol. The van der Waals surface area contributed by atoms with E-state index in [0.29, 0.717) is 6.04 Å². The van der Waals surface area contributed by atoms with E-state index in [1.54, 1.807) is 0 Å². The molecule has 0 aliphatic carbocycles. The van der Waals surface area contributed by atoms with Crippen molar-refractivity contribution in [2.24, 2.45) is 0 Å². The molecule has 1 aromatic carbocycles. The highest BCUT2D eigenvalue weighted by atomic mass is 79.9. The van der Waals surface area contributed by atoms with Gasteiger partial charge in [-0.3, -0.25) is 4.90 Å². The Balaban J connectivity index is 0.00000176. The van der Waals surface area contributed by atoms with Crippen molar-refractivity contribution in [2.75, 3.05) is 33.4 Å². The van der Waals surface area contributed by atoms with Gasteiger partial charge in [0.1, 0.15) is 0 Å². The molecule has 4 nitrogen and oxygen atoms in total. The zero-order valence-electron chi connectivity index (χ0n) is 12.9. The largest absolute Gasteiger partial charge is 0.490 e. The lowest BCUT2D eigenvalue weighted by molar-refractivity contribution is 0.187. The van der Waals surface area contributed by atoms with Gasteiger partial charge in [0.2, 0.25) is 0 Å². The number of piperidine rings is 1. The first kappa shape index (κ1) is 17.9. The van der Waals surface area contributed by atoms with Crippen LogP contribution in [0.1, 0.15) is 24.8 Å². The van der Waals surface area contributed by atoms with E-state index in [9.17, 15) is 0 Å². The Labute approximate surface area is 147 Å². The van der Waals surface area contributed by atoms with Gasteiger partial charge >= 0.3 is 0 Å². The van der Waals surface area contributed by atoms with E-state index >= 15 is 0 Å². The summed E-state index contributed by atoms with van der Waals surface area (Å²) >= 11 is 3.62. The number of fused-ring (bicyclic) bond motifs is 1. The Bertz CT molecular complexity index is 501. The van der Waals surface area contributed by atoms with Crippen LogP contribution in [0, 0.1) is 0 Å². The van der Waals surface area contributed by atoms with Crippen LogP contribution in [0.4, 0.5) is 0 Å². The Morgan fingerprint density at radius 3 is 2.91 bits per heavy atom. The highest BCUT2D eigenvalue weighted by molar-refractivity contribution is 9.10. The molecule has 0 bridgehead atoms. The maximum Gasteiger partial charge on any atom is 0.175 e. The van der Waals surface area contributed by atoms with Gasteiger partial charge in [0.15, 0.2) is 11.5 Å². The van der Waals surface area contributed by atoms with Crippen LogP contribution >= 0.6 is 28.3 Å². The molecule has 1 saturated heterocycles. The molecule has 1 N–H and O–H groups in total. The minimum Gasteiger partial charge on any atom is -0.490 e. The molecule has 0 aromatic heterocycles. The van der Waals surface area contributed by atoms with Crippen LogP contribution in [0.25, 0.3) is 0 Å². The molecule has 2 aliphatic heterocycles. The van der Waals surface area contributed by atoms with Gasteiger partial charge in [0.25, 0.3) is 0 Å². The summed E-state index contributed by atoms with van der Waals surface area (Å²) in [5, 5.41) is 3.39. The molecule has 2 heterocycles. The summed E-state index contributed by atoms with van der Waals surface area (Å²) in [6, 6.07) is 4.91. The van der Waals surface area contributed by atoms with Gasteiger partial charge in [-0.05, 0) is 60.1 Å². The molecule has 0 spiro atoms. The molecular formula is C16H24BrClN2O2. The van der Waals surface area contributed by atoms with Gasteiger partial charge in [-0.25, -0.2) is 0 Å². The zero-order chi connectivity index (χ0) is 14.7. The van der Waals surface area contributed by atoms with Crippen LogP contribution in [0.5, 0.6) is 11.5 Å². The van der Waals surface area contributed by atoms with E-state index < -0.39 is 0 Å². The fourth-order valence-electron chi connectivity index (χ4n) is 3.07. The molecule has 1 aromatic rings. The normalized spacial score (nSPS) is 21.8. The first-order chi connectivity index (χ1) is 10.3. The van der Waals surface area contributed by atoms with E-state index in [-0.39, 0.29) is 12.4 Å². The fraction of sp³-hybridized carbons (Fsp3) is 0.625. The van der Waals surface area contributed by atoms with Crippen LogP contribution in [0.2, 0.25) is 0 Å². The van der Waals surface area contributed by atoms with Crippen LogP contribution in [-0.4, -0.2) is 44.3 Å². The number of likely N-dealkylation sites (N-methyl/N-ethyl adjacent to an activating group) is 1. The van der Waals surface area contributed by atoms with Crippen molar-refractivity contribution < 1.29 is 9.47 Å². The van der Waals surface area contributed by atoms with Gasteiger partial charge in [-0.15, -0.1) is 12.4 Å². The molecule has 6 heteroatoms. The molecule has 1 fully saturated rings. The van der Waals surface area contributed by atoms with Crippen molar-refractivity contribution in [3.05, 3.63) is 22.2 Å². The summed E-state index contributed by atoms with van der Waals surface area (Å²) < 4.78 is 12.6. The third-order valence-corrected chi connectivity index (χ3v) is 4.77. The second-order valence-electron chi connectivity index (χ2n) is 5.82. The van der Waals surface area contributed by atoms with Crippen molar-refractivity contribution >= 4 is 28.3 Å². The van der Waals surface area contributed by atoms with E-state index in [1.165, 1.54) is 24.9 Å². The van der Waals surface area contributed by atoms with Gasteiger partial charge in [-0.1, -0.05) is 0 Å². The predicted octanol–water partition coefficient (Wildman–Crippen LogP) is 3.22. The number of hydrogen-bond donors (Lipinski definition) is 1. The minimum atomic E-state index is 0. The zero-order valence-corrected chi connectivity index (χ0v) is 15.3. The van der Waals surface area contributed by atoms with Crippen molar-refractivity contribution in [3.8, 4) is 11.5 Å². The Hall–Kier alpha value is -0.490. The Kier molecular flexibility index (Phi) is 6.81. The van der Waals surface area contributed by atoms with Crippen molar-refractivity contribution in [1.82, 2.24) is 10.2 Å². The first-order valence-corrected chi connectivity index (χ1v) is 8.53. The smallest absolute Gasteiger partial charge is 0.175 e. The summed E-state index contributed by atoms with van der Waals surface area (Å²) in [5.41, 5.74) is 1.28. The maximum atomic E-state index is 5.82. The average Bonchev–Trinajstić information content (AvgIpc) is 2.73. The van der Waals surface area contributed by atoms with E-state index in [1.807, 2.05) is 0 Å². The number of halogens is 2. The third-order valence-electron chi connectivity index (χ3n) is 4.18. The Morgan fingerprint density at radius 1 is 1.27 bits per heavy atom. The van der Waals surface area contributed by atoms with Crippen LogP contribution in [0.3, 0.4) is 0 Å². The van der Waals surface area contributed by atoms with Crippen LogP contribution in [-0.2, 0) is 6.54 Å². The fourth-order valence-corrected chi connectivity index (χ4v) is 3.67. The van der Waals surface area contributed by atoms with Gasteiger partial charge < -0.3 is 14.8 Å². The maximum absolute atomic E-state index is 5.82. The SMILES string of the molecule is CNC1CCCN(Cc2cc(Br)c3c(c2)OCCCO3)C1.Cl. The third kappa shape index (κ3) is 4.28. The molecule has 0 amide bonds. The van der Waals surface area contributed by atoms with E-state index in [2.05, 4.69) is 45.3 Å². The molecule has 3 rings (SSSR count). The summed E-state index contributed by atoms with van der Waals surface area (Å²) in [7, 11) is 2.05. The van der Waals surface area contributed by atoms with Crippen molar-refractivity contribution in [1.29, 1.82) is 0 Å². The van der Waals surface area contributed by atoms with Crippen LogP contribution < -0.4 is 14.8 Å². The van der Waals surface area contributed by atoms with Crippen LogP contribution in [0.15, 0.2) is 16.6 Å². The molecule has 0 saturated carbocycles. The van der Waals surface area contributed by atoms with E-state index in [0.717, 1.165) is 48.7 Å². The van der Waals surface area contributed by atoms with Gasteiger partial charge in [0.05, 0.1) is 17.7 Å². The number of nitrogens with zero attached hydrogens (tertiary/aromatic N) is 1. The lowest BCUT2D eigenvalue weighted by atomic mass is 10.0. The monoisotopic (exact) mass is 390 g/mol. The lowest BCUT2D eigenvalue weighted by Gasteiger charge is -2.32. The average molecular weight is 392 g/mol. The first-order valence-electron chi connectivity index (χ1n) is 7.74. The number of hydrogen-bond acceptors (Lipinski definition) is 4. The summed E-state index contributed by atoms with van der Waals surface area (Å²) in [4.78, 5) is 2.51. The molecule has 22 heavy (non-hydrogen) atoms. The number of likely N-dealkylation sites (tertiary alicyclic amines) is 1. The van der Waals surface area contributed by atoms with Crippen molar-refractivity contribution in [2.45, 2.75) is 31.8 Å². The molecule has 124 valence electrons. The summed E-state index contributed by atoms with van der Waals surface area (Å²) in [6.45, 7) is 4.70. The van der Waals surface area contributed by atoms with Crippen molar-refractivity contribution in [3.63, 3.8) is 0 Å². The number of benzene rings is 1. The highest BCUT2D eigenvalue weighted by Crippen LogP contribution is 2.38. The van der Waals surface area contributed by atoms with Gasteiger partial charge in [0, 0.05) is 25.6 Å². The number of ether oxygens (including phenoxy) is 2. The van der Waals surface area contributed by atoms with E-state index in [4.69, 9.17) is 9.47 Å².